The van der Waals surface area contributed by atoms with Crippen molar-refractivity contribution in [3.05, 3.63) is 214 Å². The van der Waals surface area contributed by atoms with E-state index in [0.717, 1.165) is 35.2 Å². The Bertz CT molecular complexity index is 2120. The summed E-state index contributed by atoms with van der Waals surface area (Å²) in [4.78, 5) is 29.5. The standard InChI is InChI=1S/C31H26N2O2.2C6H5.Sn/c1-20-8-12-23(13-9-20)30(34)27-18-16-25(32-27)29(22-6-4-3-5-7-22)26-17-19-28(33-26)31(35)24-14-10-21(2)11-15-24;2*1-2-4-6-5-3-1;/h3-19,29H,1-2H3,(H2,32,33,34,35);2*1-5H;/q;;;+2/p-2. The number of carbonyl (C=O) groups is 2. The van der Waals surface area contributed by atoms with Crippen LogP contribution in [0.15, 0.2) is 164 Å². The van der Waals surface area contributed by atoms with Gasteiger partial charge in [0.15, 0.2) is 0 Å². The van der Waals surface area contributed by atoms with Crippen molar-refractivity contribution in [2.45, 2.75) is 19.8 Å². The molecule has 0 saturated carbocycles. The molecule has 0 atom stereocenters. The number of carbonyl (C=O) groups excluding carboxylic acids is 2. The van der Waals surface area contributed by atoms with E-state index >= 15 is 0 Å². The van der Waals surface area contributed by atoms with E-state index in [-0.39, 0.29) is 17.5 Å². The van der Waals surface area contributed by atoms with Gasteiger partial charge in [0.1, 0.15) is 0 Å². The molecule has 0 bridgehead atoms. The Kier molecular flexibility index (Phi) is 7.61. The fraction of sp³-hybridized carbons (Fsp3) is 0.0698. The summed E-state index contributed by atoms with van der Waals surface area (Å²) in [6, 6.07) is 55.6. The average molecular weight is 729 g/mol. The molecule has 8 rings (SSSR count). The fourth-order valence-electron chi connectivity index (χ4n) is 7.40. The van der Waals surface area contributed by atoms with Gasteiger partial charge in [-0.25, -0.2) is 0 Å². The van der Waals surface area contributed by atoms with Crippen LogP contribution in [0.2, 0.25) is 0 Å². The Hall–Kier alpha value is -5.20. The van der Waals surface area contributed by atoms with Gasteiger partial charge >= 0.3 is 287 Å². The normalized spacial score (nSPS) is 13.5. The number of aryl methyl sites for hydroxylation is 2. The summed E-state index contributed by atoms with van der Waals surface area (Å²) in [5, 5.41) is 0. The van der Waals surface area contributed by atoms with E-state index in [4.69, 9.17) is 0 Å². The van der Waals surface area contributed by atoms with Crippen LogP contribution in [0.1, 0.15) is 66.1 Å². The number of ketones is 2. The second-order valence-corrected chi connectivity index (χ2v) is 22.3. The fourth-order valence-corrected chi connectivity index (χ4v) is 21.9. The number of fused-ring (bicyclic) bond motifs is 2. The molecule has 0 saturated heterocycles. The van der Waals surface area contributed by atoms with Gasteiger partial charge in [-0.15, -0.1) is 0 Å². The molecule has 5 aromatic carbocycles. The topological polar surface area (TPSA) is 44.0 Å². The van der Waals surface area contributed by atoms with Crippen LogP contribution in [-0.4, -0.2) is 36.1 Å². The zero-order chi connectivity index (χ0) is 32.8. The van der Waals surface area contributed by atoms with E-state index in [0.29, 0.717) is 22.5 Å². The summed E-state index contributed by atoms with van der Waals surface area (Å²) in [6.45, 7) is 4.06. The molecule has 3 heterocycles. The molecule has 0 radical (unpaired) electrons. The molecule has 0 N–H and O–H groups in total. The monoisotopic (exact) mass is 730 g/mol. The van der Waals surface area contributed by atoms with Gasteiger partial charge in [0.25, 0.3) is 0 Å². The van der Waals surface area contributed by atoms with Crippen LogP contribution in [0.5, 0.6) is 0 Å². The van der Waals surface area contributed by atoms with E-state index in [1.165, 1.54) is 0 Å². The molecule has 48 heavy (non-hydrogen) atoms. The number of aromatic nitrogens is 2. The van der Waals surface area contributed by atoms with E-state index in [2.05, 4.69) is 90.5 Å². The molecule has 1 aliphatic heterocycles. The van der Waals surface area contributed by atoms with Gasteiger partial charge in [0.2, 0.25) is 0 Å². The summed E-state index contributed by atoms with van der Waals surface area (Å²) < 4.78 is 7.13. The van der Waals surface area contributed by atoms with E-state index in [9.17, 15) is 9.59 Å². The Morgan fingerprint density at radius 2 is 0.833 bits per heavy atom. The van der Waals surface area contributed by atoms with Crippen molar-refractivity contribution in [1.82, 2.24) is 5.58 Å². The number of nitrogens with zero attached hydrogens (tertiary/aromatic N) is 2. The predicted molar refractivity (Wildman–Crippen MR) is 194 cm³/mol. The number of hydrogen-bond donors (Lipinski definition) is 0. The van der Waals surface area contributed by atoms with Crippen LogP contribution < -0.4 is 7.16 Å². The van der Waals surface area contributed by atoms with Gasteiger partial charge in [-0.3, -0.25) is 0 Å². The molecule has 0 spiro atoms. The molecule has 4 nitrogen and oxygen atoms in total. The van der Waals surface area contributed by atoms with Gasteiger partial charge in [0, 0.05) is 0 Å². The quantitative estimate of drug-likeness (QED) is 0.126. The van der Waals surface area contributed by atoms with Gasteiger partial charge in [0.05, 0.1) is 0 Å². The van der Waals surface area contributed by atoms with Crippen molar-refractivity contribution < 1.29 is 9.59 Å². The first-order valence-electron chi connectivity index (χ1n) is 16.3. The van der Waals surface area contributed by atoms with Gasteiger partial charge < -0.3 is 0 Å². The first-order chi connectivity index (χ1) is 23.5. The maximum atomic E-state index is 14.7. The second-order valence-electron chi connectivity index (χ2n) is 12.6. The van der Waals surface area contributed by atoms with Crippen molar-refractivity contribution in [1.29, 1.82) is 0 Å². The molecule has 0 fully saturated rings. The zero-order valence-corrected chi connectivity index (χ0v) is 29.7. The van der Waals surface area contributed by atoms with Crippen LogP contribution in [-0.2, 0) is 0 Å². The third-order valence-electron chi connectivity index (χ3n) is 9.64. The Morgan fingerprint density at radius 3 is 1.23 bits per heavy atom. The molecule has 7 aromatic rings. The summed E-state index contributed by atoms with van der Waals surface area (Å²) in [7, 11) is 0. The van der Waals surface area contributed by atoms with E-state index < -0.39 is 18.9 Å². The van der Waals surface area contributed by atoms with Crippen molar-refractivity contribution in [3.63, 3.8) is 0 Å². The van der Waals surface area contributed by atoms with Gasteiger partial charge in [-0.05, 0) is 0 Å². The molecule has 0 aliphatic carbocycles. The van der Waals surface area contributed by atoms with Crippen molar-refractivity contribution in [2.24, 2.45) is 0 Å². The molecule has 5 heteroatoms. The molecular weight excluding hydrogens is 695 g/mol. The van der Waals surface area contributed by atoms with E-state index in [1.54, 1.807) is 0 Å². The molecule has 0 unspecified atom stereocenters. The third-order valence-corrected chi connectivity index (χ3v) is 22.7. The van der Waals surface area contributed by atoms with Crippen LogP contribution in [0.4, 0.5) is 0 Å². The van der Waals surface area contributed by atoms with Crippen molar-refractivity contribution in [3.8, 4) is 0 Å². The van der Waals surface area contributed by atoms with Crippen LogP contribution >= 0.6 is 0 Å². The summed E-state index contributed by atoms with van der Waals surface area (Å²) in [6.07, 6.45) is 0. The number of benzene rings is 5. The SMILES string of the molecule is Cc1ccc(C(=O)c2ccc3[n]2[Sn]([c]2ccccc2)([c]2ccccc2)[n]2c(C(=O)c4ccc(C)cc4)ccc2C3c2ccccc2)cc1. The molecule has 232 valence electrons. The summed E-state index contributed by atoms with van der Waals surface area (Å²) in [5.74, 6) is -0.242. The minimum absolute atomic E-state index is 0.0250. The molecular formula is C43H34N2O2Sn. The first kappa shape index (κ1) is 30.2. The Morgan fingerprint density at radius 1 is 0.458 bits per heavy atom. The van der Waals surface area contributed by atoms with Crippen LogP contribution in [0, 0.1) is 13.8 Å². The van der Waals surface area contributed by atoms with Crippen molar-refractivity contribution >= 4 is 37.6 Å². The molecule has 0 amide bonds. The van der Waals surface area contributed by atoms with Crippen LogP contribution in [0.25, 0.3) is 0 Å². The molecule has 2 aromatic heterocycles. The van der Waals surface area contributed by atoms with Gasteiger partial charge in [-0.2, -0.15) is 0 Å². The maximum absolute atomic E-state index is 14.7. The molecule has 1 aliphatic rings. The number of rotatable bonds is 7. The van der Waals surface area contributed by atoms with Crippen LogP contribution in [0.3, 0.4) is 0 Å². The Labute approximate surface area is 285 Å². The van der Waals surface area contributed by atoms with Crippen molar-refractivity contribution in [2.75, 3.05) is 0 Å². The Balaban J connectivity index is 1.52. The summed E-state index contributed by atoms with van der Waals surface area (Å²) in [5.41, 5.74) is 8.04. The zero-order valence-electron chi connectivity index (χ0n) is 26.9. The van der Waals surface area contributed by atoms with E-state index in [1.807, 2.05) is 92.7 Å². The average Bonchev–Trinajstić information content (AvgIpc) is 3.78. The minimum atomic E-state index is -4.66. The number of hydrogen-bond acceptors (Lipinski definition) is 2. The summed E-state index contributed by atoms with van der Waals surface area (Å²) >= 11 is -4.66. The second kappa shape index (κ2) is 12.1. The first-order valence-corrected chi connectivity index (χ1v) is 21.7. The predicted octanol–water partition coefficient (Wildman–Crippen LogP) is 7.52. The third kappa shape index (κ3) is 4.74. The van der Waals surface area contributed by atoms with Gasteiger partial charge in [-0.1, -0.05) is 0 Å².